The molecule has 0 aliphatic rings. The summed E-state index contributed by atoms with van der Waals surface area (Å²) in [4.78, 5) is 0. The van der Waals surface area contributed by atoms with Gasteiger partial charge >= 0.3 is 0 Å². The van der Waals surface area contributed by atoms with E-state index in [-0.39, 0.29) is 5.57 Å². The molecule has 0 rings (SSSR count). The van der Waals surface area contributed by atoms with Gasteiger partial charge in [-0.15, -0.1) is 11.8 Å². The fourth-order valence-corrected chi connectivity index (χ4v) is 0.683. The molecule has 0 aromatic rings. The molecule has 0 unspecified atom stereocenters. The number of hydrogen-bond acceptors (Lipinski definition) is 3. The standard InChI is InChI=1S/C6H6N2S/c1-2-9-5-6(3-7)4-8/h5H,2H2,1H3. The minimum atomic E-state index is 0.182. The molecule has 0 fully saturated rings. The Balaban J connectivity index is 3.85. The normalized spacial score (nSPS) is 7.00. The Hall–Kier alpha value is -0.930. The fourth-order valence-electron chi connectivity index (χ4n) is 0.244. The first-order valence-electron chi connectivity index (χ1n) is 2.47. The van der Waals surface area contributed by atoms with Gasteiger partial charge in [-0.3, -0.25) is 0 Å². The summed E-state index contributed by atoms with van der Waals surface area (Å²) in [6.07, 6.45) is 0. The van der Waals surface area contributed by atoms with Gasteiger partial charge in [-0.2, -0.15) is 10.5 Å². The van der Waals surface area contributed by atoms with Crippen LogP contribution in [0.4, 0.5) is 0 Å². The van der Waals surface area contributed by atoms with E-state index in [4.69, 9.17) is 10.5 Å². The molecule has 0 atom stereocenters. The molecular weight excluding hydrogens is 132 g/mol. The lowest BCUT2D eigenvalue weighted by molar-refractivity contribution is 1.47. The summed E-state index contributed by atoms with van der Waals surface area (Å²) in [6, 6.07) is 3.53. The number of hydrogen-bond donors (Lipinski definition) is 0. The molecule has 3 heteroatoms. The molecule has 0 saturated heterocycles. The molecule has 0 heterocycles. The Morgan fingerprint density at radius 2 is 2.11 bits per heavy atom. The van der Waals surface area contributed by atoms with Crippen molar-refractivity contribution in [2.45, 2.75) is 6.92 Å². The van der Waals surface area contributed by atoms with Crippen LogP contribution in [-0.2, 0) is 0 Å². The summed E-state index contributed by atoms with van der Waals surface area (Å²) >= 11 is 1.46. The molecule has 46 valence electrons. The first kappa shape index (κ1) is 8.07. The van der Waals surface area contributed by atoms with E-state index in [0.29, 0.717) is 0 Å². The average molecular weight is 138 g/mol. The largest absolute Gasteiger partial charge is 0.192 e. The minimum absolute atomic E-state index is 0.182. The van der Waals surface area contributed by atoms with Crippen LogP contribution in [0.15, 0.2) is 11.0 Å². The van der Waals surface area contributed by atoms with Crippen LogP contribution in [0.2, 0.25) is 0 Å². The highest BCUT2D eigenvalue weighted by Gasteiger charge is 1.87. The zero-order chi connectivity index (χ0) is 7.11. The first-order chi connectivity index (χ1) is 4.35. The Morgan fingerprint density at radius 1 is 1.56 bits per heavy atom. The van der Waals surface area contributed by atoms with Gasteiger partial charge in [0.25, 0.3) is 0 Å². The summed E-state index contributed by atoms with van der Waals surface area (Å²) in [5.41, 5.74) is 0.182. The van der Waals surface area contributed by atoms with Crippen LogP contribution in [0.1, 0.15) is 6.92 Å². The molecular formula is C6H6N2S. The molecule has 0 bridgehead atoms. The molecule has 0 radical (unpaired) electrons. The van der Waals surface area contributed by atoms with Crippen LogP contribution in [0.25, 0.3) is 0 Å². The lowest BCUT2D eigenvalue weighted by Crippen LogP contribution is -1.68. The smallest absolute Gasteiger partial charge is 0.135 e. The molecule has 2 nitrogen and oxygen atoms in total. The summed E-state index contributed by atoms with van der Waals surface area (Å²) in [5, 5.41) is 18.0. The molecule has 9 heavy (non-hydrogen) atoms. The van der Waals surface area contributed by atoms with E-state index in [9.17, 15) is 0 Å². The second-order valence-electron chi connectivity index (χ2n) is 1.21. The lowest BCUT2D eigenvalue weighted by Gasteiger charge is -1.81. The van der Waals surface area contributed by atoms with Crippen molar-refractivity contribution >= 4 is 11.8 Å². The van der Waals surface area contributed by atoms with Gasteiger partial charge in [0.1, 0.15) is 17.7 Å². The van der Waals surface area contributed by atoms with Gasteiger partial charge in [0.2, 0.25) is 0 Å². The van der Waals surface area contributed by atoms with E-state index >= 15 is 0 Å². The van der Waals surface area contributed by atoms with Gasteiger partial charge in [0, 0.05) is 0 Å². The highest BCUT2D eigenvalue weighted by atomic mass is 32.2. The van der Waals surface area contributed by atoms with Gasteiger partial charge in [0.15, 0.2) is 0 Å². The van der Waals surface area contributed by atoms with Crippen molar-refractivity contribution in [3.8, 4) is 12.1 Å². The van der Waals surface area contributed by atoms with Crippen LogP contribution in [0, 0.1) is 22.7 Å². The molecule has 0 aromatic heterocycles. The first-order valence-corrected chi connectivity index (χ1v) is 3.52. The van der Waals surface area contributed by atoms with E-state index in [2.05, 4.69) is 0 Å². The van der Waals surface area contributed by atoms with Crippen LogP contribution >= 0.6 is 11.8 Å². The minimum Gasteiger partial charge on any atom is -0.192 e. The molecule has 0 spiro atoms. The Bertz CT molecular complexity index is 166. The van der Waals surface area contributed by atoms with Crippen molar-refractivity contribution in [1.82, 2.24) is 0 Å². The molecule has 0 saturated carbocycles. The number of rotatable bonds is 2. The van der Waals surface area contributed by atoms with E-state index in [1.54, 1.807) is 17.5 Å². The van der Waals surface area contributed by atoms with Crippen LogP contribution in [-0.4, -0.2) is 5.75 Å². The van der Waals surface area contributed by atoms with Crippen LogP contribution in [0.3, 0.4) is 0 Å². The van der Waals surface area contributed by atoms with Crippen LogP contribution in [0.5, 0.6) is 0 Å². The summed E-state index contributed by atoms with van der Waals surface area (Å²) in [7, 11) is 0. The highest BCUT2D eigenvalue weighted by molar-refractivity contribution is 8.02. The van der Waals surface area contributed by atoms with Crippen molar-refractivity contribution in [3.05, 3.63) is 11.0 Å². The molecule has 0 N–H and O–H groups in total. The second kappa shape index (κ2) is 5.21. The quantitative estimate of drug-likeness (QED) is 0.545. The molecule has 0 aliphatic carbocycles. The monoisotopic (exact) mass is 138 g/mol. The maximum Gasteiger partial charge on any atom is 0.135 e. The van der Waals surface area contributed by atoms with Gasteiger partial charge in [-0.1, -0.05) is 6.92 Å². The van der Waals surface area contributed by atoms with Gasteiger partial charge in [0.05, 0.1) is 0 Å². The SMILES string of the molecule is CCSC=C(C#N)C#N. The number of nitrogens with zero attached hydrogens (tertiary/aromatic N) is 2. The predicted molar refractivity (Wildman–Crippen MR) is 37.4 cm³/mol. The summed E-state index contributed by atoms with van der Waals surface area (Å²) in [6.45, 7) is 1.97. The average Bonchev–Trinajstić information content (AvgIpc) is 1.91. The predicted octanol–water partition coefficient (Wildman–Crippen LogP) is 1.67. The molecule has 0 aromatic carbocycles. The van der Waals surface area contributed by atoms with Crippen molar-refractivity contribution in [1.29, 1.82) is 10.5 Å². The lowest BCUT2D eigenvalue weighted by atomic mass is 10.4. The summed E-state index contributed by atoms with van der Waals surface area (Å²) < 4.78 is 0. The Labute approximate surface area is 58.8 Å². The second-order valence-corrected chi connectivity index (χ2v) is 2.36. The van der Waals surface area contributed by atoms with Gasteiger partial charge in [-0.05, 0) is 11.2 Å². The summed E-state index contributed by atoms with van der Waals surface area (Å²) in [5.74, 6) is 0.896. The topological polar surface area (TPSA) is 47.6 Å². The van der Waals surface area contributed by atoms with Crippen molar-refractivity contribution in [2.24, 2.45) is 0 Å². The maximum absolute atomic E-state index is 8.20. The van der Waals surface area contributed by atoms with E-state index in [1.165, 1.54) is 11.8 Å². The van der Waals surface area contributed by atoms with E-state index in [0.717, 1.165) is 5.75 Å². The van der Waals surface area contributed by atoms with Crippen LogP contribution < -0.4 is 0 Å². The Kier molecular flexibility index (Phi) is 4.67. The van der Waals surface area contributed by atoms with Gasteiger partial charge < -0.3 is 0 Å². The highest BCUT2D eigenvalue weighted by Crippen LogP contribution is 2.04. The maximum atomic E-state index is 8.20. The van der Waals surface area contributed by atoms with Crippen molar-refractivity contribution in [3.63, 3.8) is 0 Å². The van der Waals surface area contributed by atoms with E-state index in [1.807, 2.05) is 6.92 Å². The van der Waals surface area contributed by atoms with Crippen molar-refractivity contribution < 1.29 is 0 Å². The number of allylic oxidation sites excluding steroid dienone is 1. The zero-order valence-corrected chi connectivity index (χ0v) is 5.90. The number of nitriles is 2. The third-order valence-electron chi connectivity index (χ3n) is 0.609. The van der Waals surface area contributed by atoms with E-state index < -0.39 is 0 Å². The third kappa shape index (κ3) is 3.64. The Morgan fingerprint density at radius 3 is 2.44 bits per heavy atom. The van der Waals surface area contributed by atoms with Crippen molar-refractivity contribution in [2.75, 3.05) is 5.75 Å². The zero-order valence-electron chi connectivity index (χ0n) is 5.09. The number of thioether (sulfide) groups is 1. The third-order valence-corrected chi connectivity index (χ3v) is 1.34. The fraction of sp³-hybridized carbons (Fsp3) is 0.333. The molecule has 0 amide bonds. The van der Waals surface area contributed by atoms with Gasteiger partial charge in [-0.25, -0.2) is 0 Å². The molecule has 0 aliphatic heterocycles.